The van der Waals surface area contributed by atoms with Crippen LogP contribution in [0.4, 0.5) is 5.69 Å². The maximum Gasteiger partial charge on any atom is 0.264 e. The molecule has 0 saturated heterocycles. The number of nitrogens with zero attached hydrogens (tertiary/aromatic N) is 2. The number of amides is 1. The third-order valence-corrected chi connectivity index (χ3v) is 6.90. The number of sulfonamides is 1. The molecule has 2 aromatic rings. The minimum atomic E-state index is -3.77. The lowest BCUT2D eigenvalue weighted by molar-refractivity contribution is 0.0939. The van der Waals surface area contributed by atoms with Gasteiger partial charge < -0.3 is 5.32 Å². The van der Waals surface area contributed by atoms with Gasteiger partial charge in [0.25, 0.3) is 15.9 Å². The molecule has 0 saturated carbocycles. The summed E-state index contributed by atoms with van der Waals surface area (Å²) in [5, 5.41) is 2.90. The number of nitrogens with one attached hydrogen (secondary N) is 1. The van der Waals surface area contributed by atoms with Gasteiger partial charge in [0.15, 0.2) is 0 Å². The van der Waals surface area contributed by atoms with Crippen molar-refractivity contribution in [2.45, 2.75) is 51.6 Å². The Morgan fingerprint density at radius 1 is 0.967 bits per heavy atom. The van der Waals surface area contributed by atoms with E-state index < -0.39 is 10.0 Å². The van der Waals surface area contributed by atoms with Crippen LogP contribution >= 0.6 is 0 Å². The van der Waals surface area contributed by atoms with Crippen LogP contribution in [0.1, 0.15) is 45.0 Å². The van der Waals surface area contributed by atoms with Gasteiger partial charge in [-0.05, 0) is 65.0 Å². The largest absolute Gasteiger partial charge is 0.351 e. The van der Waals surface area contributed by atoms with E-state index in [0.717, 1.165) is 6.54 Å². The third-order valence-electron chi connectivity index (χ3n) is 5.00. The predicted molar refractivity (Wildman–Crippen MR) is 122 cm³/mol. The van der Waals surface area contributed by atoms with E-state index in [1.807, 2.05) is 6.07 Å². The number of anilines is 1. The van der Waals surface area contributed by atoms with E-state index in [-0.39, 0.29) is 10.8 Å². The van der Waals surface area contributed by atoms with Gasteiger partial charge in [0, 0.05) is 37.3 Å². The van der Waals surface area contributed by atoms with Gasteiger partial charge in [-0.3, -0.25) is 14.0 Å². The molecule has 0 bridgehead atoms. The van der Waals surface area contributed by atoms with Gasteiger partial charge in [0.05, 0.1) is 10.6 Å². The molecule has 2 aromatic carbocycles. The second-order valence-electron chi connectivity index (χ2n) is 7.71. The van der Waals surface area contributed by atoms with Crippen LogP contribution in [-0.2, 0) is 10.0 Å². The number of benzene rings is 2. The minimum Gasteiger partial charge on any atom is -0.351 e. The number of para-hydroxylation sites is 1. The topological polar surface area (TPSA) is 69.7 Å². The lowest BCUT2D eigenvalue weighted by atomic mass is 10.2. The van der Waals surface area contributed by atoms with Crippen molar-refractivity contribution in [1.29, 1.82) is 0 Å². The maximum absolute atomic E-state index is 13.2. The SMILES string of the molecule is CCN(c1ccccc1)S(=O)(=O)c1cccc(C(=O)NCCN(C(C)C)C(C)C)c1. The van der Waals surface area contributed by atoms with Gasteiger partial charge in [0.2, 0.25) is 0 Å². The van der Waals surface area contributed by atoms with Gasteiger partial charge in [-0.1, -0.05) is 24.3 Å². The van der Waals surface area contributed by atoms with Crippen molar-refractivity contribution in [3.63, 3.8) is 0 Å². The molecular formula is C23H33N3O3S. The number of hydrogen-bond donors (Lipinski definition) is 1. The van der Waals surface area contributed by atoms with Gasteiger partial charge in [-0.15, -0.1) is 0 Å². The summed E-state index contributed by atoms with van der Waals surface area (Å²) in [6, 6.07) is 15.9. The van der Waals surface area contributed by atoms with Crippen LogP contribution in [0.25, 0.3) is 0 Å². The van der Waals surface area contributed by atoms with Crippen molar-refractivity contribution in [2.75, 3.05) is 23.9 Å². The molecule has 1 amide bonds. The second kappa shape index (κ2) is 10.6. The Labute approximate surface area is 180 Å². The van der Waals surface area contributed by atoms with Crippen molar-refractivity contribution in [2.24, 2.45) is 0 Å². The zero-order valence-corrected chi connectivity index (χ0v) is 19.3. The summed E-state index contributed by atoms with van der Waals surface area (Å²) in [4.78, 5) is 15.0. The highest BCUT2D eigenvalue weighted by Gasteiger charge is 2.24. The molecule has 0 radical (unpaired) electrons. The average molecular weight is 432 g/mol. The molecule has 30 heavy (non-hydrogen) atoms. The van der Waals surface area contributed by atoms with Gasteiger partial charge in [-0.25, -0.2) is 8.42 Å². The summed E-state index contributed by atoms with van der Waals surface area (Å²) in [5.41, 5.74) is 0.929. The van der Waals surface area contributed by atoms with E-state index in [1.54, 1.807) is 43.3 Å². The molecule has 0 aliphatic heterocycles. The molecule has 0 heterocycles. The molecule has 2 rings (SSSR count). The van der Waals surface area contributed by atoms with Gasteiger partial charge in [0.1, 0.15) is 0 Å². The Bertz CT molecular complexity index is 920. The highest BCUT2D eigenvalue weighted by Crippen LogP contribution is 2.23. The molecule has 0 fully saturated rings. The van der Waals surface area contributed by atoms with Crippen molar-refractivity contribution >= 4 is 21.6 Å². The zero-order valence-electron chi connectivity index (χ0n) is 18.5. The first-order valence-electron chi connectivity index (χ1n) is 10.4. The van der Waals surface area contributed by atoms with Crippen molar-refractivity contribution in [3.05, 3.63) is 60.2 Å². The van der Waals surface area contributed by atoms with Crippen LogP contribution in [0.3, 0.4) is 0 Å². The quantitative estimate of drug-likeness (QED) is 0.622. The molecule has 0 aromatic heterocycles. The number of rotatable bonds is 10. The summed E-state index contributed by atoms with van der Waals surface area (Å²) in [5.74, 6) is -0.276. The highest BCUT2D eigenvalue weighted by atomic mass is 32.2. The molecule has 6 nitrogen and oxygen atoms in total. The fraction of sp³-hybridized carbons (Fsp3) is 0.435. The van der Waals surface area contributed by atoms with Crippen LogP contribution in [0.5, 0.6) is 0 Å². The molecule has 7 heteroatoms. The van der Waals surface area contributed by atoms with Crippen LogP contribution in [0.15, 0.2) is 59.5 Å². The number of carbonyl (C=O) groups is 1. The Balaban J connectivity index is 2.16. The first kappa shape index (κ1) is 23.9. The highest BCUT2D eigenvalue weighted by molar-refractivity contribution is 7.92. The van der Waals surface area contributed by atoms with Crippen molar-refractivity contribution in [1.82, 2.24) is 10.2 Å². The molecule has 0 spiro atoms. The Morgan fingerprint density at radius 3 is 2.17 bits per heavy atom. The Hall–Kier alpha value is -2.38. The van der Waals surface area contributed by atoms with E-state index in [0.29, 0.717) is 36.4 Å². The summed E-state index contributed by atoms with van der Waals surface area (Å²) in [6.45, 7) is 11.8. The van der Waals surface area contributed by atoms with Crippen LogP contribution in [0, 0.1) is 0 Å². The Morgan fingerprint density at radius 2 is 1.60 bits per heavy atom. The van der Waals surface area contributed by atoms with Crippen LogP contribution in [0.2, 0.25) is 0 Å². The second-order valence-corrected chi connectivity index (χ2v) is 9.58. The normalized spacial score (nSPS) is 11.9. The third kappa shape index (κ3) is 5.83. The first-order chi connectivity index (χ1) is 14.2. The molecule has 0 aliphatic rings. The fourth-order valence-electron chi connectivity index (χ4n) is 3.52. The summed E-state index contributed by atoms with van der Waals surface area (Å²) in [7, 11) is -3.77. The minimum absolute atomic E-state index is 0.104. The van der Waals surface area contributed by atoms with E-state index in [4.69, 9.17) is 0 Å². The summed E-state index contributed by atoms with van der Waals surface area (Å²) < 4.78 is 27.7. The van der Waals surface area contributed by atoms with E-state index in [1.165, 1.54) is 16.4 Å². The summed E-state index contributed by atoms with van der Waals surface area (Å²) >= 11 is 0. The van der Waals surface area contributed by atoms with Crippen molar-refractivity contribution < 1.29 is 13.2 Å². The monoisotopic (exact) mass is 431 g/mol. The Kier molecular flexibility index (Phi) is 8.43. The number of carbonyl (C=O) groups excluding carboxylic acids is 1. The standard InChI is InChI=1S/C23H33N3O3S/c1-6-26(21-12-8-7-9-13-21)30(28,29)22-14-10-11-20(17-22)23(27)24-15-16-25(18(2)3)19(4)5/h7-14,17-19H,6,15-16H2,1-5H3,(H,24,27). The predicted octanol–water partition coefficient (Wildman–Crippen LogP) is 3.75. The van der Waals surface area contributed by atoms with Gasteiger partial charge in [-0.2, -0.15) is 0 Å². The maximum atomic E-state index is 13.2. The fourth-order valence-corrected chi connectivity index (χ4v) is 5.04. The molecule has 1 N–H and O–H groups in total. The summed E-state index contributed by atoms with van der Waals surface area (Å²) in [6.07, 6.45) is 0. The van der Waals surface area contributed by atoms with Crippen LogP contribution in [-0.4, -0.2) is 50.9 Å². The van der Waals surface area contributed by atoms with E-state index in [9.17, 15) is 13.2 Å². The van der Waals surface area contributed by atoms with E-state index in [2.05, 4.69) is 37.9 Å². The smallest absolute Gasteiger partial charge is 0.264 e. The molecule has 164 valence electrons. The lowest BCUT2D eigenvalue weighted by Crippen LogP contribution is -2.42. The van der Waals surface area contributed by atoms with Crippen molar-refractivity contribution in [3.8, 4) is 0 Å². The van der Waals surface area contributed by atoms with Gasteiger partial charge >= 0.3 is 0 Å². The zero-order chi connectivity index (χ0) is 22.3. The first-order valence-corrected chi connectivity index (χ1v) is 11.8. The average Bonchev–Trinajstić information content (AvgIpc) is 2.71. The van der Waals surface area contributed by atoms with E-state index >= 15 is 0 Å². The van der Waals surface area contributed by atoms with Crippen LogP contribution < -0.4 is 9.62 Å². The molecule has 0 atom stereocenters. The molecular weight excluding hydrogens is 398 g/mol. The molecule has 0 unspecified atom stereocenters. The molecule has 0 aliphatic carbocycles. The lowest BCUT2D eigenvalue weighted by Gasteiger charge is -2.30. The number of hydrogen-bond acceptors (Lipinski definition) is 4.